The largest absolute Gasteiger partial charge is 0.480 e. The van der Waals surface area contributed by atoms with Gasteiger partial charge in [-0.25, -0.2) is 13.4 Å². The number of benzene rings is 2. The maximum Gasteiger partial charge on any atom is 0.267 e. The van der Waals surface area contributed by atoms with E-state index in [1.807, 2.05) is 24.3 Å². The molecule has 1 amide bonds. The van der Waals surface area contributed by atoms with Crippen molar-refractivity contribution in [2.75, 3.05) is 18.4 Å². The van der Waals surface area contributed by atoms with Crippen LogP contribution in [0.5, 0.6) is 5.75 Å². The lowest BCUT2D eigenvalue weighted by atomic mass is 10.1. The smallest absolute Gasteiger partial charge is 0.267 e. The van der Waals surface area contributed by atoms with Gasteiger partial charge in [-0.15, -0.1) is 0 Å². The molecule has 2 aliphatic rings. The van der Waals surface area contributed by atoms with Crippen molar-refractivity contribution in [3.8, 4) is 5.75 Å². The molecule has 1 aromatic heterocycles. The third kappa shape index (κ3) is 3.39. The Morgan fingerprint density at radius 2 is 1.97 bits per heavy atom. The molecule has 1 N–H and O–H groups in total. The number of anilines is 1. The summed E-state index contributed by atoms with van der Waals surface area (Å²) in [5.41, 5.74) is 1.66. The quantitative estimate of drug-likeness (QED) is 0.689. The van der Waals surface area contributed by atoms with Crippen molar-refractivity contribution in [2.45, 2.75) is 30.3 Å². The monoisotopic (exact) mass is 429 g/mol. The van der Waals surface area contributed by atoms with Gasteiger partial charge in [0.15, 0.2) is 11.2 Å². The predicted molar refractivity (Wildman–Crippen MR) is 111 cm³/mol. The summed E-state index contributed by atoms with van der Waals surface area (Å²) in [6, 6.07) is 12.5. The molecule has 1 fully saturated rings. The second-order valence-electron chi connectivity index (χ2n) is 7.17. The van der Waals surface area contributed by atoms with Crippen LogP contribution in [0.1, 0.15) is 18.4 Å². The van der Waals surface area contributed by atoms with E-state index in [0.717, 1.165) is 28.9 Å². The summed E-state index contributed by atoms with van der Waals surface area (Å²) in [7, 11) is -3.48. The summed E-state index contributed by atoms with van der Waals surface area (Å²) in [5, 5.41) is 3.24. The second-order valence-corrected chi connectivity index (χ2v) is 10.1. The second kappa shape index (κ2) is 7.08. The molecule has 0 bridgehead atoms. The summed E-state index contributed by atoms with van der Waals surface area (Å²) in [5.74, 6) is 0.471. The van der Waals surface area contributed by atoms with Crippen LogP contribution in [0.25, 0.3) is 10.2 Å². The van der Waals surface area contributed by atoms with Gasteiger partial charge in [-0.3, -0.25) is 10.1 Å². The number of nitrogens with one attached hydrogen (secondary N) is 1. The maximum atomic E-state index is 12.8. The molecule has 0 unspecified atom stereocenters. The number of thiazole rings is 1. The molecular formula is C20H19N3O4S2. The van der Waals surface area contributed by atoms with Crippen LogP contribution in [0, 0.1) is 0 Å². The predicted octanol–water partition coefficient (Wildman–Crippen LogP) is 3.02. The zero-order valence-electron chi connectivity index (χ0n) is 15.5. The molecule has 150 valence electrons. The van der Waals surface area contributed by atoms with E-state index >= 15 is 0 Å². The molecule has 9 heteroatoms. The Balaban J connectivity index is 1.35. The van der Waals surface area contributed by atoms with Crippen LogP contribution in [-0.2, 0) is 21.2 Å². The van der Waals surface area contributed by atoms with Gasteiger partial charge in [0.2, 0.25) is 10.0 Å². The Labute approximate surface area is 172 Å². The van der Waals surface area contributed by atoms with E-state index in [2.05, 4.69) is 10.3 Å². The van der Waals surface area contributed by atoms with Gasteiger partial charge in [0.25, 0.3) is 5.91 Å². The first kappa shape index (κ1) is 18.5. The highest BCUT2D eigenvalue weighted by Crippen LogP contribution is 2.32. The lowest BCUT2D eigenvalue weighted by Crippen LogP contribution is -2.31. The zero-order chi connectivity index (χ0) is 20.0. The Hall–Kier alpha value is -2.49. The summed E-state index contributed by atoms with van der Waals surface area (Å²) in [6.07, 6.45) is 1.72. The number of aromatic nitrogens is 1. The van der Waals surface area contributed by atoms with E-state index in [0.29, 0.717) is 30.2 Å². The number of nitrogens with zero attached hydrogens (tertiary/aromatic N) is 2. The SMILES string of the molecule is O=C(Nc1nc2ccc(S(=O)(=O)N3CCCC3)cc2s1)[C@H]1Cc2ccccc2O1. The molecule has 1 atom stereocenters. The van der Waals surface area contributed by atoms with Crippen molar-refractivity contribution in [2.24, 2.45) is 0 Å². The van der Waals surface area contributed by atoms with Gasteiger partial charge in [-0.2, -0.15) is 4.31 Å². The minimum absolute atomic E-state index is 0.259. The number of para-hydroxylation sites is 1. The van der Waals surface area contributed by atoms with Gasteiger partial charge in [-0.1, -0.05) is 29.5 Å². The molecule has 0 radical (unpaired) electrons. The summed E-state index contributed by atoms with van der Waals surface area (Å²) >= 11 is 1.26. The van der Waals surface area contributed by atoms with Crippen molar-refractivity contribution in [3.05, 3.63) is 48.0 Å². The number of carbonyl (C=O) groups excluding carboxylic acids is 1. The van der Waals surface area contributed by atoms with Crippen LogP contribution in [0.3, 0.4) is 0 Å². The fourth-order valence-corrected chi connectivity index (χ4v) is 6.24. The Kier molecular flexibility index (Phi) is 4.53. The minimum atomic E-state index is -3.48. The minimum Gasteiger partial charge on any atom is -0.480 e. The van der Waals surface area contributed by atoms with E-state index in [4.69, 9.17) is 4.74 Å². The molecule has 0 aliphatic carbocycles. The first-order chi connectivity index (χ1) is 14.0. The van der Waals surface area contributed by atoms with Gasteiger partial charge in [-0.05, 0) is 42.7 Å². The van der Waals surface area contributed by atoms with E-state index in [-0.39, 0.29) is 10.8 Å². The molecule has 29 heavy (non-hydrogen) atoms. The average molecular weight is 430 g/mol. The molecule has 2 aliphatic heterocycles. The zero-order valence-corrected chi connectivity index (χ0v) is 17.1. The summed E-state index contributed by atoms with van der Waals surface area (Å²) in [4.78, 5) is 17.3. The molecule has 2 aromatic carbocycles. The van der Waals surface area contributed by atoms with Crippen LogP contribution in [0.4, 0.5) is 5.13 Å². The number of hydrogen-bond acceptors (Lipinski definition) is 6. The first-order valence-electron chi connectivity index (χ1n) is 9.47. The number of ether oxygens (including phenoxy) is 1. The van der Waals surface area contributed by atoms with Crippen molar-refractivity contribution in [3.63, 3.8) is 0 Å². The molecule has 0 spiro atoms. The average Bonchev–Trinajstić information content (AvgIpc) is 3.45. The third-order valence-corrected chi connectivity index (χ3v) is 8.06. The maximum absolute atomic E-state index is 12.8. The van der Waals surface area contributed by atoms with Crippen LogP contribution >= 0.6 is 11.3 Å². The highest BCUT2D eigenvalue weighted by Gasteiger charge is 2.30. The first-order valence-corrected chi connectivity index (χ1v) is 11.7. The van der Waals surface area contributed by atoms with E-state index in [1.165, 1.54) is 15.6 Å². The van der Waals surface area contributed by atoms with Crippen LogP contribution < -0.4 is 10.1 Å². The van der Waals surface area contributed by atoms with Crippen molar-refractivity contribution in [1.82, 2.24) is 9.29 Å². The van der Waals surface area contributed by atoms with E-state index in [1.54, 1.807) is 18.2 Å². The molecule has 3 aromatic rings. The summed E-state index contributed by atoms with van der Waals surface area (Å²) < 4.78 is 33.5. The van der Waals surface area contributed by atoms with Gasteiger partial charge in [0, 0.05) is 19.5 Å². The van der Waals surface area contributed by atoms with Crippen molar-refractivity contribution in [1.29, 1.82) is 0 Å². The highest BCUT2D eigenvalue weighted by molar-refractivity contribution is 7.89. The number of sulfonamides is 1. The number of fused-ring (bicyclic) bond motifs is 2. The highest BCUT2D eigenvalue weighted by atomic mass is 32.2. The number of hydrogen-bond donors (Lipinski definition) is 1. The lowest BCUT2D eigenvalue weighted by molar-refractivity contribution is -0.122. The molecule has 0 saturated carbocycles. The number of amides is 1. The Bertz CT molecular complexity index is 1170. The molecule has 3 heterocycles. The normalized spacial score (nSPS) is 19.2. The van der Waals surface area contributed by atoms with E-state index < -0.39 is 16.1 Å². The van der Waals surface area contributed by atoms with Gasteiger partial charge in [0.1, 0.15) is 5.75 Å². The van der Waals surface area contributed by atoms with Crippen molar-refractivity contribution < 1.29 is 17.9 Å². The fraction of sp³-hybridized carbons (Fsp3) is 0.300. The lowest BCUT2D eigenvalue weighted by Gasteiger charge is -2.15. The third-order valence-electron chi connectivity index (χ3n) is 5.23. The molecular weight excluding hydrogens is 410 g/mol. The summed E-state index contributed by atoms with van der Waals surface area (Å²) in [6.45, 7) is 1.13. The number of rotatable bonds is 4. The van der Waals surface area contributed by atoms with Crippen molar-refractivity contribution >= 4 is 42.6 Å². The molecule has 7 nitrogen and oxygen atoms in total. The van der Waals surface area contributed by atoms with Gasteiger partial charge >= 0.3 is 0 Å². The van der Waals surface area contributed by atoms with Crippen LogP contribution in [-0.4, -0.2) is 42.8 Å². The Morgan fingerprint density at radius 3 is 2.76 bits per heavy atom. The molecule has 1 saturated heterocycles. The van der Waals surface area contributed by atoms with Crippen LogP contribution in [0.15, 0.2) is 47.4 Å². The Morgan fingerprint density at radius 1 is 1.17 bits per heavy atom. The van der Waals surface area contributed by atoms with E-state index in [9.17, 15) is 13.2 Å². The topological polar surface area (TPSA) is 88.6 Å². The van der Waals surface area contributed by atoms with Crippen LogP contribution in [0.2, 0.25) is 0 Å². The van der Waals surface area contributed by atoms with Gasteiger partial charge < -0.3 is 4.74 Å². The standard InChI is InChI=1S/C20H19N3O4S2/c24-19(17-11-13-5-1-2-6-16(13)27-17)22-20-21-15-8-7-14(12-18(15)28-20)29(25,26)23-9-3-4-10-23/h1-2,5-8,12,17H,3-4,9-11H2,(H,21,22,24)/t17-/m1/s1. The molecule has 5 rings (SSSR count). The fourth-order valence-electron chi connectivity index (χ4n) is 3.71. The number of carbonyl (C=O) groups is 1. The van der Waals surface area contributed by atoms with Gasteiger partial charge in [0.05, 0.1) is 15.1 Å².